The molecule has 0 atom stereocenters. The highest BCUT2D eigenvalue weighted by Gasteiger charge is 2.57. The van der Waals surface area contributed by atoms with Gasteiger partial charge in [-0.25, -0.2) is 9.67 Å². The summed E-state index contributed by atoms with van der Waals surface area (Å²) in [4.78, 5) is 4.31. The van der Waals surface area contributed by atoms with Crippen molar-refractivity contribution in [1.82, 2.24) is 24.5 Å². The van der Waals surface area contributed by atoms with Crippen molar-refractivity contribution in [3.8, 4) is 5.82 Å². The Morgan fingerprint density at radius 2 is 1.88 bits per heavy atom. The van der Waals surface area contributed by atoms with Crippen LogP contribution < -0.4 is 0 Å². The van der Waals surface area contributed by atoms with E-state index in [1.165, 1.54) is 30.8 Å². The second-order valence-electron chi connectivity index (χ2n) is 7.81. The number of fused-ring (bicyclic) bond motifs is 2. The van der Waals surface area contributed by atoms with Crippen molar-refractivity contribution in [2.45, 2.75) is 49.4 Å². The van der Waals surface area contributed by atoms with Crippen LogP contribution in [0.1, 0.15) is 31.2 Å². The molecule has 1 aromatic carbocycles. The first kappa shape index (κ1) is 21.2. The van der Waals surface area contributed by atoms with E-state index in [0.717, 1.165) is 21.7 Å². The number of hydrogen-bond donors (Lipinski definition) is 0. The Labute approximate surface area is 183 Å². The number of aromatic nitrogens is 5. The molecule has 1 aliphatic carbocycles. The monoisotopic (exact) mass is 467 g/mol. The molecule has 1 aliphatic rings. The molecule has 4 aromatic rings. The minimum Gasteiger partial charge on any atom is -0.257 e. The van der Waals surface area contributed by atoms with Gasteiger partial charge in [-0.1, -0.05) is 13.0 Å². The van der Waals surface area contributed by atoms with Crippen LogP contribution in [0, 0.1) is 0 Å². The predicted octanol–water partition coefficient (Wildman–Crippen LogP) is 5.96. The van der Waals surface area contributed by atoms with Crippen LogP contribution in [-0.2, 0) is 6.54 Å². The first-order chi connectivity index (χ1) is 15.2. The minimum absolute atomic E-state index is 0.0927. The number of nitrogens with zero attached hydrogens (tertiary/aromatic N) is 5. The second kappa shape index (κ2) is 7.43. The molecule has 0 saturated heterocycles. The van der Waals surface area contributed by atoms with Crippen LogP contribution in [0.5, 0.6) is 0 Å². The molecular formula is C21H18F5N5S. The number of hydrogen-bond acceptors (Lipinski definition) is 4. The van der Waals surface area contributed by atoms with Gasteiger partial charge in [0, 0.05) is 10.8 Å². The highest BCUT2D eigenvalue weighted by atomic mass is 32.2. The molecule has 3 heterocycles. The fourth-order valence-electron chi connectivity index (χ4n) is 3.67. The van der Waals surface area contributed by atoms with Gasteiger partial charge in [-0.2, -0.15) is 32.1 Å². The van der Waals surface area contributed by atoms with E-state index in [0.29, 0.717) is 21.8 Å². The van der Waals surface area contributed by atoms with Crippen LogP contribution in [0.15, 0.2) is 41.7 Å². The van der Waals surface area contributed by atoms with E-state index < -0.39 is 18.6 Å². The largest absolute Gasteiger partial charge is 0.455 e. The van der Waals surface area contributed by atoms with Crippen LogP contribution in [0.4, 0.5) is 22.0 Å². The van der Waals surface area contributed by atoms with Gasteiger partial charge in [-0.15, -0.1) is 11.8 Å². The van der Waals surface area contributed by atoms with Gasteiger partial charge >= 0.3 is 12.1 Å². The second-order valence-corrected chi connectivity index (χ2v) is 9.06. The SMILES string of the molecule is CCSc1c2cc(C3CC3)ccc2nn1-c1cc2cnn(CC(F)(F)C(F)(F)F)c2cn1. The zero-order valence-corrected chi connectivity index (χ0v) is 17.7. The van der Waals surface area contributed by atoms with E-state index in [-0.39, 0.29) is 5.52 Å². The van der Waals surface area contributed by atoms with Crippen molar-refractivity contribution >= 4 is 33.6 Å². The molecule has 1 fully saturated rings. The maximum atomic E-state index is 13.5. The highest BCUT2D eigenvalue weighted by molar-refractivity contribution is 7.99. The van der Waals surface area contributed by atoms with Gasteiger partial charge in [0.1, 0.15) is 11.6 Å². The number of halogens is 5. The Bertz CT molecular complexity index is 1310. The summed E-state index contributed by atoms with van der Waals surface area (Å²) in [7, 11) is 0. The number of alkyl halides is 5. The molecule has 11 heteroatoms. The standard InChI is InChI=1S/C21H18F5N5S/c1-2-32-19-15-7-13(12-3-4-12)5-6-16(15)29-31(19)18-8-14-9-28-30(17(14)10-27-18)11-20(22,23)21(24,25)26/h5-10,12H,2-4,11H2,1H3. The Balaban J connectivity index is 1.55. The first-order valence-electron chi connectivity index (χ1n) is 10.1. The Hall–Kier alpha value is -2.69. The fraction of sp³-hybridized carbons (Fsp3) is 0.381. The van der Waals surface area contributed by atoms with Crippen molar-refractivity contribution in [2.75, 3.05) is 5.75 Å². The Kier molecular flexibility index (Phi) is 4.92. The summed E-state index contributed by atoms with van der Waals surface area (Å²) in [5.41, 5.74) is 2.19. The summed E-state index contributed by atoms with van der Waals surface area (Å²) in [5, 5.41) is 10.7. The maximum Gasteiger partial charge on any atom is 0.455 e. The molecule has 5 rings (SSSR count). The summed E-state index contributed by atoms with van der Waals surface area (Å²) >= 11 is 1.61. The zero-order valence-electron chi connectivity index (χ0n) is 16.9. The predicted molar refractivity (Wildman–Crippen MR) is 112 cm³/mol. The lowest BCUT2D eigenvalue weighted by molar-refractivity contribution is -0.287. The lowest BCUT2D eigenvalue weighted by Gasteiger charge is -2.19. The number of benzene rings is 1. The quantitative estimate of drug-likeness (QED) is 0.259. The molecule has 0 bridgehead atoms. The van der Waals surface area contributed by atoms with E-state index in [1.54, 1.807) is 22.5 Å². The van der Waals surface area contributed by atoms with E-state index in [1.807, 2.05) is 13.0 Å². The number of thioether (sulfide) groups is 1. The summed E-state index contributed by atoms with van der Waals surface area (Å²) in [5.74, 6) is -3.05. The minimum atomic E-state index is -5.65. The third-order valence-corrected chi connectivity index (χ3v) is 6.43. The highest BCUT2D eigenvalue weighted by Crippen LogP contribution is 2.42. The topological polar surface area (TPSA) is 48.5 Å². The fourth-order valence-corrected chi connectivity index (χ4v) is 4.51. The molecule has 0 aliphatic heterocycles. The van der Waals surface area contributed by atoms with Crippen molar-refractivity contribution in [3.63, 3.8) is 0 Å². The molecule has 168 valence electrons. The summed E-state index contributed by atoms with van der Waals surface area (Å²) in [6.45, 7) is 0.424. The zero-order chi connectivity index (χ0) is 22.7. The van der Waals surface area contributed by atoms with Crippen LogP contribution in [0.2, 0.25) is 0 Å². The Morgan fingerprint density at radius 1 is 1.09 bits per heavy atom. The van der Waals surface area contributed by atoms with Gasteiger partial charge in [0.2, 0.25) is 0 Å². The average Bonchev–Trinajstić information content (AvgIpc) is 3.43. The average molecular weight is 467 g/mol. The molecule has 3 aromatic heterocycles. The number of pyridine rings is 1. The lowest BCUT2D eigenvalue weighted by Crippen LogP contribution is -2.40. The van der Waals surface area contributed by atoms with Crippen molar-refractivity contribution in [3.05, 3.63) is 42.2 Å². The Morgan fingerprint density at radius 3 is 2.56 bits per heavy atom. The third-order valence-electron chi connectivity index (χ3n) is 5.47. The van der Waals surface area contributed by atoms with E-state index in [2.05, 4.69) is 27.3 Å². The molecule has 1 saturated carbocycles. The molecular weight excluding hydrogens is 449 g/mol. The van der Waals surface area contributed by atoms with Gasteiger partial charge in [-0.3, -0.25) is 4.68 Å². The molecule has 0 unspecified atom stereocenters. The normalized spacial score (nSPS) is 15.2. The van der Waals surface area contributed by atoms with Gasteiger partial charge in [-0.05, 0) is 48.3 Å². The first-order valence-corrected chi connectivity index (χ1v) is 11.1. The summed E-state index contributed by atoms with van der Waals surface area (Å²) in [6.07, 6.45) is -0.767. The molecule has 0 N–H and O–H groups in total. The van der Waals surface area contributed by atoms with Crippen LogP contribution in [0.25, 0.3) is 27.6 Å². The van der Waals surface area contributed by atoms with Crippen molar-refractivity contribution in [1.29, 1.82) is 0 Å². The summed E-state index contributed by atoms with van der Waals surface area (Å²) in [6, 6.07) is 7.82. The van der Waals surface area contributed by atoms with Gasteiger partial charge < -0.3 is 0 Å². The number of rotatable bonds is 6. The smallest absolute Gasteiger partial charge is 0.257 e. The molecule has 32 heavy (non-hydrogen) atoms. The van der Waals surface area contributed by atoms with Crippen LogP contribution in [0.3, 0.4) is 0 Å². The van der Waals surface area contributed by atoms with E-state index in [9.17, 15) is 22.0 Å². The van der Waals surface area contributed by atoms with Gasteiger partial charge in [0.05, 0.1) is 23.4 Å². The van der Waals surface area contributed by atoms with Crippen LogP contribution >= 0.6 is 11.8 Å². The third kappa shape index (κ3) is 3.62. The molecule has 0 spiro atoms. The van der Waals surface area contributed by atoms with E-state index in [4.69, 9.17) is 0 Å². The molecule has 0 radical (unpaired) electrons. The lowest BCUT2D eigenvalue weighted by atomic mass is 10.1. The van der Waals surface area contributed by atoms with Gasteiger partial charge in [0.15, 0.2) is 5.82 Å². The summed E-state index contributed by atoms with van der Waals surface area (Å²) < 4.78 is 67.1. The van der Waals surface area contributed by atoms with Gasteiger partial charge in [0.25, 0.3) is 0 Å². The molecule has 0 amide bonds. The maximum absolute atomic E-state index is 13.5. The van der Waals surface area contributed by atoms with E-state index >= 15 is 0 Å². The molecule has 5 nitrogen and oxygen atoms in total. The van der Waals surface area contributed by atoms with Crippen LogP contribution in [-0.4, -0.2) is 42.4 Å². The van der Waals surface area contributed by atoms with Crippen molar-refractivity contribution in [2.24, 2.45) is 0 Å². The van der Waals surface area contributed by atoms with Crippen molar-refractivity contribution < 1.29 is 22.0 Å².